The van der Waals surface area contributed by atoms with Gasteiger partial charge in [0.1, 0.15) is 6.04 Å². The predicted octanol–water partition coefficient (Wildman–Crippen LogP) is 2.81. The highest BCUT2D eigenvalue weighted by Crippen LogP contribution is 2.17. The number of hydrogen-bond acceptors (Lipinski definition) is 3. The number of carbonyl (C=O) groups is 3. The fraction of sp³-hybridized carbons (Fsp3) is 0.348. The van der Waals surface area contributed by atoms with E-state index >= 15 is 0 Å². The number of carbonyl (C=O) groups excluding carboxylic acids is 3. The van der Waals surface area contributed by atoms with Crippen LogP contribution in [0, 0.1) is 0 Å². The van der Waals surface area contributed by atoms with Gasteiger partial charge in [0.2, 0.25) is 11.8 Å². The SMILES string of the molecule is CC(=O)NC(Cc1ccccc1)C(=O)NC1CCN(C(=O)c2cccc(Cl)c2)CC1. The molecule has 2 aromatic rings. The minimum absolute atomic E-state index is 0.0343. The van der Waals surface area contributed by atoms with E-state index < -0.39 is 6.04 Å². The monoisotopic (exact) mass is 427 g/mol. The zero-order valence-corrected chi connectivity index (χ0v) is 17.7. The minimum atomic E-state index is -0.629. The van der Waals surface area contributed by atoms with E-state index in [-0.39, 0.29) is 23.8 Å². The van der Waals surface area contributed by atoms with E-state index in [0.717, 1.165) is 5.56 Å². The van der Waals surface area contributed by atoms with Gasteiger partial charge in [0.15, 0.2) is 0 Å². The number of likely N-dealkylation sites (tertiary alicyclic amines) is 1. The second kappa shape index (κ2) is 10.3. The first-order valence-corrected chi connectivity index (χ1v) is 10.5. The van der Waals surface area contributed by atoms with Gasteiger partial charge in [-0.1, -0.05) is 48.0 Å². The Kier molecular flexibility index (Phi) is 7.46. The molecule has 2 aromatic carbocycles. The van der Waals surface area contributed by atoms with Gasteiger partial charge in [-0.05, 0) is 36.6 Å². The van der Waals surface area contributed by atoms with Crippen LogP contribution in [0.25, 0.3) is 0 Å². The first kappa shape index (κ1) is 21.8. The molecule has 0 aromatic heterocycles. The first-order chi connectivity index (χ1) is 14.4. The van der Waals surface area contributed by atoms with Crippen LogP contribution in [0.1, 0.15) is 35.7 Å². The summed E-state index contributed by atoms with van der Waals surface area (Å²) in [5, 5.41) is 6.32. The highest BCUT2D eigenvalue weighted by molar-refractivity contribution is 6.30. The number of piperidine rings is 1. The van der Waals surface area contributed by atoms with Gasteiger partial charge in [0.05, 0.1) is 0 Å². The van der Waals surface area contributed by atoms with E-state index in [0.29, 0.717) is 42.9 Å². The number of hydrogen-bond donors (Lipinski definition) is 2. The Morgan fingerprint density at radius 2 is 1.77 bits per heavy atom. The maximum atomic E-state index is 12.8. The van der Waals surface area contributed by atoms with Crippen molar-refractivity contribution in [2.24, 2.45) is 0 Å². The molecule has 6 nitrogen and oxygen atoms in total. The van der Waals surface area contributed by atoms with Crippen molar-refractivity contribution in [3.8, 4) is 0 Å². The van der Waals surface area contributed by atoms with Crippen molar-refractivity contribution in [1.29, 1.82) is 0 Å². The second-order valence-electron chi connectivity index (χ2n) is 7.53. The van der Waals surface area contributed by atoms with Crippen LogP contribution in [0.4, 0.5) is 0 Å². The molecule has 1 heterocycles. The zero-order chi connectivity index (χ0) is 21.5. The lowest BCUT2D eigenvalue weighted by molar-refractivity contribution is -0.128. The van der Waals surface area contributed by atoms with Crippen LogP contribution in [0.5, 0.6) is 0 Å². The molecule has 7 heteroatoms. The molecule has 30 heavy (non-hydrogen) atoms. The number of rotatable bonds is 6. The lowest BCUT2D eigenvalue weighted by atomic mass is 10.0. The Morgan fingerprint density at radius 1 is 1.07 bits per heavy atom. The predicted molar refractivity (Wildman–Crippen MR) is 116 cm³/mol. The van der Waals surface area contributed by atoms with Crippen molar-refractivity contribution < 1.29 is 14.4 Å². The molecule has 0 radical (unpaired) electrons. The third-order valence-corrected chi connectivity index (χ3v) is 5.41. The van der Waals surface area contributed by atoms with E-state index in [1.165, 1.54) is 6.92 Å². The Morgan fingerprint density at radius 3 is 2.40 bits per heavy atom. The summed E-state index contributed by atoms with van der Waals surface area (Å²) in [6.45, 7) is 2.52. The molecule has 0 aliphatic carbocycles. The highest BCUT2D eigenvalue weighted by Gasteiger charge is 2.27. The molecular formula is C23H26ClN3O3. The summed E-state index contributed by atoms with van der Waals surface area (Å²) in [4.78, 5) is 38.8. The van der Waals surface area contributed by atoms with Gasteiger partial charge in [-0.2, -0.15) is 0 Å². The van der Waals surface area contributed by atoms with Crippen molar-refractivity contribution in [3.63, 3.8) is 0 Å². The summed E-state index contributed by atoms with van der Waals surface area (Å²) in [5.41, 5.74) is 1.55. The fourth-order valence-corrected chi connectivity index (χ4v) is 3.83. The molecule has 158 valence electrons. The normalized spacial score (nSPS) is 15.3. The molecular weight excluding hydrogens is 402 g/mol. The number of halogens is 1. The van der Waals surface area contributed by atoms with E-state index in [4.69, 9.17) is 11.6 Å². The third kappa shape index (κ3) is 6.07. The van der Waals surface area contributed by atoms with Crippen molar-refractivity contribution in [3.05, 3.63) is 70.7 Å². The van der Waals surface area contributed by atoms with Crippen LogP contribution in [-0.2, 0) is 16.0 Å². The molecule has 1 fully saturated rings. The van der Waals surface area contributed by atoms with Crippen LogP contribution in [0.2, 0.25) is 5.02 Å². The Balaban J connectivity index is 1.55. The average Bonchev–Trinajstić information content (AvgIpc) is 2.74. The lowest BCUT2D eigenvalue weighted by Gasteiger charge is -2.33. The van der Waals surface area contributed by atoms with Crippen molar-refractivity contribution in [2.45, 2.75) is 38.3 Å². The van der Waals surface area contributed by atoms with E-state index in [1.54, 1.807) is 29.2 Å². The van der Waals surface area contributed by atoms with Crippen LogP contribution >= 0.6 is 11.6 Å². The maximum Gasteiger partial charge on any atom is 0.253 e. The van der Waals surface area contributed by atoms with Gasteiger partial charge in [0, 0.05) is 43.1 Å². The van der Waals surface area contributed by atoms with Crippen LogP contribution in [-0.4, -0.2) is 47.8 Å². The molecule has 0 bridgehead atoms. The molecule has 3 amide bonds. The molecule has 3 rings (SSSR count). The summed E-state index contributed by atoms with van der Waals surface area (Å²) in [7, 11) is 0. The number of amides is 3. The van der Waals surface area contributed by atoms with E-state index in [2.05, 4.69) is 10.6 Å². The number of nitrogens with zero attached hydrogens (tertiary/aromatic N) is 1. The lowest BCUT2D eigenvalue weighted by Crippen LogP contribution is -2.53. The Bertz CT molecular complexity index is 896. The Labute approximate surface area is 181 Å². The summed E-state index contributed by atoms with van der Waals surface area (Å²) < 4.78 is 0. The van der Waals surface area contributed by atoms with Crippen molar-refractivity contribution in [1.82, 2.24) is 15.5 Å². The van der Waals surface area contributed by atoms with E-state index in [1.807, 2.05) is 30.3 Å². The molecule has 2 N–H and O–H groups in total. The van der Waals surface area contributed by atoms with Crippen molar-refractivity contribution in [2.75, 3.05) is 13.1 Å². The maximum absolute atomic E-state index is 12.8. The second-order valence-corrected chi connectivity index (χ2v) is 7.96. The number of benzene rings is 2. The van der Waals surface area contributed by atoms with Crippen molar-refractivity contribution >= 4 is 29.3 Å². The third-order valence-electron chi connectivity index (χ3n) is 5.18. The van der Waals surface area contributed by atoms with Gasteiger partial charge in [-0.3, -0.25) is 14.4 Å². The van der Waals surface area contributed by atoms with E-state index in [9.17, 15) is 14.4 Å². The zero-order valence-electron chi connectivity index (χ0n) is 16.9. The molecule has 0 saturated carbocycles. The van der Waals surface area contributed by atoms with Crippen LogP contribution in [0.15, 0.2) is 54.6 Å². The molecule has 1 saturated heterocycles. The molecule has 1 unspecified atom stereocenters. The van der Waals surface area contributed by atoms with Crippen LogP contribution < -0.4 is 10.6 Å². The summed E-state index contributed by atoms with van der Waals surface area (Å²) >= 11 is 5.98. The topological polar surface area (TPSA) is 78.5 Å². The smallest absolute Gasteiger partial charge is 0.253 e. The summed E-state index contributed by atoms with van der Waals surface area (Å²) in [6.07, 6.45) is 1.75. The van der Waals surface area contributed by atoms with Gasteiger partial charge in [-0.15, -0.1) is 0 Å². The quantitative estimate of drug-likeness (QED) is 0.744. The Hall–Kier alpha value is -2.86. The minimum Gasteiger partial charge on any atom is -0.351 e. The average molecular weight is 428 g/mol. The van der Waals surface area contributed by atoms with Gasteiger partial charge >= 0.3 is 0 Å². The number of nitrogens with one attached hydrogen (secondary N) is 2. The molecule has 0 spiro atoms. The van der Waals surface area contributed by atoms with Gasteiger partial charge in [0.25, 0.3) is 5.91 Å². The molecule has 1 atom stereocenters. The molecule has 1 aliphatic heterocycles. The van der Waals surface area contributed by atoms with Crippen LogP contribution in [0.3, 0.4) is 0 Å². The van der Waals surface area contributed by atoms with Gasteiger partial charge in [-0.25, -0.2) is 0 Å². The fourth-order valence-electron chi connectivity index (χ4n) is 3.64. The highest BCUT2D eigenvalue weighted by atomic mass is 35.5. The molecule has 1 aliphatic rings. The largest absolute Gasteiger partial charge is 0.351 e. The first-order valence-electron chi connectivity index (χ1n) is 10.1. The standard InChI is InChI=1S/C23H26ClN3O3/c1-16(28)25-21(14-17-6-3-2-4-7-17)22(29)26-20-10-12-27(13-11-20)23(30)18-8-5-9-19(24)15-18/h2-9,15,20-21H,10-14H2,1H3,(H,25,28)(H,26,29). The summed E-state index contributed by atoms with van der Waals surface area (Å²) in [6, 6.07) is 15.8. The summed E-state index contributed by atoms with van der Waals surface area (Å²) in [5.74, 6) is -0.496. The van der Waals surface area contributed by atoms with Gasteiger partial charge < -0.3 is 15.5 Å².